The molecule has 0 unspecified atom stereocenters. The molecule has 6 nitrogen and oxygen atoms in total. The van der Waals surface area contributed by atoms with Gasteiger partial charge in [0, 0.05) is 42.7 Å². The summed E-state index contributed by atoms with van der Waals surface area (Å²) < 4.78 is 5.35. The highest BCUT2D eigenvalue weighted by atomic mass is 16.5. The Morgan fingerprint density at radius 1 is 1.21 bits per heavy atom. The van der Waals surface area contributed by atoms with Gasteiger partial charge in [-0.3, -0.25) is 14.9 Å². The number of fused-ring (bicyclic) bond motifs is 1. The van der Waals surface area contributed by atoms with Gasteiger partial charge in [0.15, 0.2) is 0 Å². The normalized spacial score (nSPS) is 19.6. The van der Waals surface area contributed by atoms with E-state index in [9.17, 15) is 10.2 Å². The van der Waals surface area contributed by atoms with Gasteiger partial charge in [-0.1, -0.05) is 11.8 Å². The van der Waals surface area contributed by atoms with E-state index in [1.54, 1.807) is 25.7 Å². The maximum Gasteiger partial charge on any atom is 0.119 e. The Labute approximate surface area is 195 Å². The molecule has 1 fully saturated rings. The Kier molecular flexibility index (Phi) is 7.90. The zero-order valence-electron chi connectivity index (χ0n) is 19.0. The summed E-state index contributed by atoms with van der Waals surface area (Å²) in [6.07, 6.45) is 7.20. The molecule has 0 bridgehead atoms. The van der Waals surface area contributed by atoms with Crippen molar-refractivity contribution < 1.29 is 14.9 Å². The molecule has 3 aromatic rings. The van der Waals surface area contributed by atoms with E-state index in [2.05, 4.69) is 26.7 Å². The first-order valence-corrected chi connectivity index (χ1v) is 11.5. The van der Waals surface area contributed by atoms with Gasteiger partial charge in [-0.2, -0.15) is 0 Å². The average molecular weight is 446 g/mol. The number of piperidine rings is 1. The van der Waals surface area contributed by atoms with E-state index < -0.39 is 6.10 Å². The van der Waals surface area contributed by atoms with E-state index in [0.29, 0.717) is 18.9 Å². The van der Waals surface area contributed by atoms with Gasteiger partial charge >= 0.3 is 0 Å². The first kappa shape index (κ1) is 23.2. The number of rotatable bonds is 7. The number of benzene rings is 1. The summed E-state index contributed by atoms with van der Waals surface area (Å²) in [7, 11) is 1.64. The smallest absolute Gasteiger partial charge is 0.119 e. The number of pyridine rings is 2. The fourth-order valence-electron chi connectivity index (χ4n) is 4.67. The van der Waals surface area contributed by atoms with E-state index in [1.165, 1.54) is 0 Å². The van der Waals surface area contributed by atoms with Gasteiger partial charge < -0.3 is 14.9 Å². The maximum absolute atomic E-state index is 11.0. The largest absolute Gasteiger partial charge is 0.497 e. The van der Waals surface area contributed by atoms with Crippen molar-refractivity contribution in [1.29, 1.82) is 0 Å². The van der Waals surface area contributed by atoms with Gasteiger partial charge in [0.25, 0.3) is 0 Å². The fourth-order valence-corrected chi connectivity index (χ4v) is 4.67. The van der Waals surface area contributed by atoms with Crippen molar-refractivity contribution in [3.05, 3.63) is 66.1 Å². The number of ether oxygens (including phenoxy) is 1. The molecular weight excluding hydrogens is 414 g/mol. The summed E-state index contributed by atoms with van der Waals surface area (Å²) >= 11 is 0. The lowest BCUT2D eigenvalue weighted by Crippen LogP contribution is -2.42. The molecule has 1 saturated heterocycles. The molecule has 3 atom stereocenters. The summed E-state index contributed by atoms with van der Waals surface area (Å²) in [5.41, 5.74) is 2.64. The van der Waals surface area contributed by atoms with Crippen LogP contribution in [0, 0.1) is 23.7 Å². The monoisotopic (exact) mass is 445 g/mol. The van der Waals surface area contributed by atoms with Gasteiger partial charge in [0.05, 0.1) is 25.3 Å². The van der Waals surface area contributed by atoms with Gasteiger partial charge in [-0.15, -0.1) is 0 Å². The van der Waals surface area contributed by atoms with Gasteiger partial charge in [0.1, 0.15) is 5.75 Å². The number of aliphatic hydroxyl groups excluding tert-OH is 2. The van der Waals surface area contributed by atoms with Crippen molar-refractivity contribution in [3.63, 3.8) is 0 Å². The number of aromatic nitrogens is 2. The molecule has 2 aromatic heterocycles. The third-order valence-corrected chi connectivity index (χ3v) is 6.56. The maximum atomic E-state index is 11.0. The number of likely N-dealkylation sites (tertiary alicyclic amines) is 1. The summed E-state index contributed by atoms with van der Waals surface area (Å²) in [6, 6.07) is 11.5. The topological polar surface area (TPSA) is 78.7 Å². The van der Waals surface area contributed by atoms with E-state index >= 15 is 0 Å². The highest BCUT2D eigenvalue weighted by Crippen LogP contribution is 2.33. The SMILES string of the molecule is COc1ccc2nccc([C@H](O)CC[C@@H]3CCN(CC#Cc4cccnc4)C[C@@H]3CO)c2c1. The summed E-state index contributed by atoms with van der Waals surface area (Å²) in [6.45, 7) is 2.62. The van der Waals surface area contributed by atoms with Crippen LogP contribution in [0.4, 0.5) is 0 Å². The molecular formula is C27H31N3O3. The van der Waals surface area contributed by atoms with Crippen molar-refractivity contribution in [3.8, 4) is 17.6 Å². The minimum atomic E-state index is -0.578. The fraction of sp³-hybridized carbons (Fsp3) is 0.407. The summed E-state index contributed by atoms with van der Waals surface area (Å²) in [4.78, 5) is 10.8. The molecule has 1 aliphatic rings. The highest BCUT2D eigenvalue weighted by molar-refractivity contribution is 5.83. The van der Waals surface area contributed by atoms with E-state index in [-0.39, 0.29) is 12.5 Å². The van der Waals surface area contributed by atoms with E-state index in [0.717, 1.165) is 53.7 Å². The van der Waals surface area contributed by atoms with Crippen LogP contribution in [-0.4, -0.2) is 58.4 Å². The van der Waals surface area contributed by atoms with E-state index in [4.69, 9.17) is 4.74 Å². The van der Waals surface area contributed by atoms with Crippen LogP contribution < -0.4 is 4.74 Å². The molecule has 0 spiro atoms. The zero-order valence-corrected chi connectivity index (χ0v) is 19.0. The van der Waals surface area contributed by atoms with Crippen LogP contribution in [0.25, 0.3) is 10.9 Å². The van der Waals surface area contributed by atoms with Crippen molar-refractivity contribution >= 4 is 10.9 Å². The van der Waals surface area contributed by atoms with Crippen molar-refractivity contribution in [1.82, 2.24) is 14.9 Å². The van der Waals surface area contributed by atoms with Crippen LogP contribution in [0.1, 0.15) is 36.5 Å². The summed E-state index contributed by atoms with van der Waals surface area (Å²) in [5, 5.41) is 21.9. The number of hydrogen-bond acceptors (Lipinski definition) is 6. The second-order valence-electron chi connectivity index (χ2n) is 8.65. The van der Waals surface area contributed by atoms with Crippen LogP contribution in [-0.2, 0) is 0 Å². The Hall–Kier alpha value is -2.98. The van der Waals surface area contributed by atoms with Gasteiger partial charge in [-0.25, -0.2) is 0 Å². The van der Waals surface area contributed by atoms with Crippen LogP contribution in [0.2, 0.25) is 0 Å². The van der Waals surface area contributed by atoms with E-state index in [1.807, 2.05) is 36.4 Å². The molecule has 2 N–H and O–H groups in total. The quantitative estimate of drug-likeness (QED) is 0.543. The summed E-state index contributed by atoms with van der Waals surface area (Å²) in [5.74, 6) is 7.71. The molecule has 1 aliphatic heterocycles. The second-order valence-corrected chi connectivity index (χ2v) is 8.65. The molecule has 0 saturated carbocycles. The molecule has 172 valence electrons. The lowest BCUT2D eigenvalue weighted by molar-refractivity contribution is 0.0640. The molecule has 3 heterocycles. The molecule has 0 amide bonds. The third kappa shape index (κ3) is 5.88. The van der Waals surface area contributed by atoms with Crippen LogP contribution in [0.3, 0.4) is 0 Å². The lowest BCUT2D eigenvalue weighted by atomic mass is 9.81. The predicted octanol–water partition coefficient (Wildman–Crippen LogP) is 3.43. The Morgan fingerprint density at radius 2 is 2.12 bits per heavy atom. The predicted molar refractivity (Wildman–Crippen MR) is 129 cm³/mol. The minimum Gasteiger partial charge on any atom is -0.497 e. The van der Waals surface area contributed by atoms with Crippen LogP contribution in [0.5, 0.6) is 5.75 Å². The molecule has 4 rings (SSSR count). The molecule has 0 radical (unpaired) electrons. The number of hydrogen-bond donors (Lipinski definition) is 2. The third-order valence-electron chi connectivity index (χ3n) is 6.56. The first-order chi connectivity index (χ1) is 16.2. The standard InChI is InChI=1S/C27H31N3O3/c1-33-23-7-8-26-25(16-23)24(10-13-29-26)27(32)9-6-21-11-15-30(18-22(21)19-31)14-3-5-20-4-2-12-28-17-20/h2,4,7-8,10,12-13,16-17,21-22,27,31-32H,6,9,11,14-15,18-19H2,1H3/t21-,22-,27-/m1/s1. The molecule has 1 aromatic carbocycles. The minimum absolute atomic E-state index is 0.155. The molecule has 0 aliphatic carbocycles. The van der Waals surface area contributed by atoms with Gasteiger partial charge in [-0.05, 0) is 79.6 Å². The van der Waals surface area contributed by atoms with Crippen molar-refractivity contribution in [2.24, 2.45) is 11.8 Å². The molecule has 6 heteroatoms. The van der Waals surface area contributed by atoms with Crippen LogP contribution >= 0.6 is 0 Å². The molecule has 33 heavy (non-hydrogen) atoms. The Bertz CT molecular complexity index is 1110. The number of methoxy groups -OCH3 is 1. The van der Waals surface area contributed by atoms with Crippen molar-refractivity contribution in [2.75, 3.05) is 33.4 Å². The lowest BCUT2D eigenvalue weighted by Gasteiger charge is -2.37. The van der Waals surface area contributed by atoms with Crippen molar-refractivity contribution in [2.45, 2.75) is 25.4 Å². The second kappa shape index (κ2) is 11.2. The highest BCUT2D eigenvalue weighted by Gasteiger charge is 2.29. The Morgan fingerprint density at radius 3 is 2.91 bits per heavy atom. The first-order valence-electron chi connectivity index (χ1n) is 11.5. The Balaban J connectivity index is 1.34. The van der Waals surface area contributed by atoms with Crippen LogP contribution in [0.15, 0.2) is 55.0 Å². The number of aliphatic hydroxyl groups is 2. The average Bonchev–Trinajstić information content (AvgIpc) is 2.87. The van der Waals surface area contributed by atoms with Gasteiger partial charge in [0.2, 0.25) is 0 Å². The zero-order chi connectivity index (χ0) is 23.0. The number of nitrogens with zero attached hydrogens (tertiary/aromatic N) is 3.